The molecule has 0 radical (unpaired) electrons. The molecule has 3 aromatic rings. The van der Waals surface area contributed by atoms with Gasteiger partial charge in [0.05, 0.1) is 51.3 Å². The van der Waals surface area contributed by atoms with Crippen LogP contribution < -0.4 is 19.6 Å². The van der Waals surface area contributed by atoms with E-state index in [1.54, 1.807) is 23.6 Å². The molecule has 0 aromatic heterocycles. The summed E-state index contributed by atoms with van der Waals surface area (Å²) in [7, 11) is -4.64. The average molecular weight is 687 g/mol. The van der Waals surface area contributed by atoms with Gasteiger partial charge in [0.1, 0.15) is 5.60 Å². The van der Waals surface area contributed by atoms with Crippen LogP contribution in [0.2, 0.25) is 0 Å². The number of hydrogen-bond acceptors (Lipinski definition) is 6. The fraction of sp³-hybridized carbons (Fsp3) is 0.500. The fourth-order valence-electron chi connectivity index (χ4n) is 5.06. The van der Waals surface area contributed by atoms with Crippen LogP contribution in [0.3, 0.4) is 0 Å². The normalized spacial score (nSPS) is 11.8. The van der Waals surface area contributed by atoms with Gasteiger partial charge in [-0.3, -0.25) is 4.79 Å². The molecule has 0 amide bonds. The van der Waals surface area contributed by atoms with Gasteiger partial charge in [0.2, 0.25) is 0 Å². The Bertz CT molecular complexity index is 1160. The van der Waals surface area contributed by atoms with Crippen molar-refractivity contribution in [3.05, 3.63) is 108 Å². The van der Waals surface area contributed by atoms with Gasteiger partial charge in [0.15, 0.2) is 5.12 Å². The van der Waals surface area contributed by atoms with E-state index in [0.717, 1.165) is 28.5 Å². The lowest BCUT2D eigenvalue weighted by atomic mass is 9.79. The molecular formula is C38H59N2O5PS. The number of ether oxygens (including phenoxy) is 1. The van der Waals surface area contributed by atoms with Gasteiger partial charge in [-0.1, -0.05) is 110 Å². The van der Waals surface area contributed by atoms with Crippen molar-refractivity contribution in [3.8, 4) is 0 Å². The number of benzene rings is 3. The minimum Gasteiger partial charge on any atom is -0.811 e. The summed E-state index contributed by atoms with van der Waals surface area (Å²) in [5.41, 5.74) is 0.918. The largest absolute Gasteiger partial charge is 0.811 e. The molecule has 0 aliphatic carbocycles. The van der Waals surface area contributed by atoms with E-state index >= 15 is 0 Å². The third-order valence-corrected chi connectivity index (χ3v) is 10.6. The number of carbonyl (C=O) groups excluding carboxylic acids is 1. The van der Waals surface area contributed by atoms with E-state index in [-0.39, 0.29) is 17.5 Å². The maximum absolute atomic E-state index is 12.9. The van der Waals surface area contributed by atoms with Crippen LogP contribution in [-0.2, 0) is 19.7 Å². The summed E-state index contributed by atoms with van der Waals surface area (Å²) < 4.78 is 17.6. The Morgan fingerprint density at radius 2 is 0.979 bits per heavy atom. The number of carbonyl (C=O) groups is 1. The molecule has 2 N–H and O–H groups in total. The van der Waals surface area contributed by atoms with Gasteiger partial charge < -0.3 is 28.9 Å². The summed E-state index contributed by atoms with van der Waals surface area (Å²) in [6, 6.07) is 29.6. The minimum absolute atomic E-state index is 0.0618. The van der Waals surface area contributed by atoms with Crippen molar-refractivity contribution in [2.45, 2.75) is 61.0 Å². The molecule has 0 spiro atoms. The second-order valence-corrected chi connectivity index (χ2v) is 14.8. The highest BCUT2D eigenvalue weighted by Crippen LogP contribution is 2.42. The van der Waals surface area contributed by atoms with Crippen LogP contribution >= 0.6 is 19.4 Å². The van der Waals surface area contributed by atoms with Crippen molar-refractivity contribution in [1.82, 2.24) is 0 Å². The van der Waals surface area contributed by atoms with Crippen LogP contribution in [0.4, 0.5) is 0 Å². The summed E-state index contributed by atoms with van der Waals surface area (Å²) in [5.74, 6) is -0.0618. The first-order valence-corrected chi connectivity index (χ1v) is 19.7. The van der Waals surface area contributed by atoms with Crippen LogP contribution in [0.25, 0.3) is 0 Å². The lowest BCUT2D eigenvalue weighted by Crippen LogP contribution is -3.11. The predicted octanol–water partition coefficient (Wildman–Crippen LogP) is 4.06. The van der Waals surface area contributed by atoms with E-state index in [9.17, 15) is 19.1 Å². The molecule has 0 heterocycles. The average Bonchev–Trinajstić information content (AvgIpc) is 3.08. The molecule has 0 fully saturated rings. The van der Waals surface area contributed by atoms with E-state index in [4.69, 9.17) is 4.74 Å². The highest BCUT2D eigenvalue weighted by atomic mass is 32.2. The first-order valence-electron chi connectivity index (χ1n) is 17.0. The van der Waals surface area contributed by atoms with Gasteiger partial charge in [-0.05, 0) is 78.2 Å². The van der Waals surface area contributed by atoms with Crippen molar-refractivity contribution in [2.24, 2.45) is 5.41 Å². The summed E-state index contributed by atoms with van der Waals surface area (Å²) in [5, 5.41) is -0.223. The minimum atomic E-state index is -4.64. The Kier molecular flexibility index (Phi) is 20.3. The first-order chi connectivity index (χ1) is 22.3. The van der Waals surface area contributed by atoms with Crippen molar-refractivity contribution in [1.29, 1.82) is 0 Å². The molecule has 47 heavy (non-hydrogen) atoms. The summed E-state index contributed by atoms with van der Waals surface area (Å²) in [6.45, 7) is 24.6. The van der Waals surface area contributed by atoms with Crippen molar-refractivity contribution >= 4 is 24.5 Å². The molecule has 0 aliphatic rings. The summed E-state index contributed by atoms with van der Waals surface area (Å²) in [4.78, 5) is 38.1. The maximum atomic E-state index is 12.9. The zero-order chi connectivity index (χ0) is 35.3. The second kappa shape index (κ2) is 22.4. The Hall–Kier alpha value is -2.29. The highest BCUT2D eigenvalue weighted by molar-refractivity contribution is 8.13. The van der Waals surface area contributed by atoms with Crippen molar-refractivity contribution < 1.29 is 33.7 Å². The molecule has 0 atom stereocenters. The number of quaternary nitrogens is 2. The molecule has 3 rings (SSSR count). The molecule has 7 nitrogen and oxygen atoms in total. The third kappa shape index (κ3) is 14.8. The Balaban J connectivity index is 0.000000658. The Morgan fingerprint density at radius 3 is 1.23 bits per heavy atom. The van der Waals surface area contributed by atoms with Gasteiger partial charge in [-0.15, -0.1) is 0 Å². The molecule has 0 aliphatic heterocycles. The topological polar surface area (TPSA) is 98.4 Å². The van der Waals surface area contributed by atoms with Crippen LogP contribution in [0.15, 0.2) is 91.0 Å². The number of hydrogen-bond donors (Lipinski definition) is 2. The van der Waals surface area contributed by atoms with Crippen LogP contribution in [0.5, 0.6) is 0 Å². The highest BCUT2D eigenvalue weighted by Gasteiger charge is 2.40. The van der Waals surface area contributed by atoms with Gasteiger partial charge in [0.25, 0.3) is 0 Å². The van der Waals surface area contributed by atoms with Crippen LogP contribution in [-0.4, -0.2) is 62.9 Å². The van der Waals surface area contributed by atoms with E-state index < -0.39 is 24.8 Å². The van der Waals surface area contributed by atoms with Crippen LogP contribution in [0, 0.1) is 5.41 Å². The smallest absolute Gasteiger partial charge is 0.196 e. The number of nitrogens with one attached hydrogen (secondary N) is 2. The molecule has 0 unspecified atom stereocenters. The predicted molar refractivity (Wildman–Crippen MR) is 194 cm³/mol. The number of thioether (sulfide) groups is 1. The van der Waals surface area contributed by atoms with Crippen molar-refractivity contribution in [2.75, 3.05) is 57.8 Å². The zero-order valence-corrected chi connectivity index (χ0v) is 31.6. The molecule has 0 bridgehead atoms. The standard InChI is InChI=1S/C26H29O5PS.2C6H15N/c1-25(2,24(27)33-19-18-32(28,29)30)20-31-26(21-12-6-3-7-13-21,22-14-8-4-9-15-22)23-16-10-5-11-17-23;2*1-4-7(5-2)6-3/h3-17H,18-20H2,1-2H3,(H2,28,29,30);2*4-6H2,1-3H3. The monoisotopic (exact) mass is 686 g/mol. The van der Waals surface area contributed by atoms with E-state index in [1.807, 2.05) is 91.0 Å². The summed E-state index contributed by atoms with van der Waals surface area (Å²) >= 11 is 0.857. The van der Waals surface area contributed by atoms with E-state index in [1.165, 1.54) is 39.3 Å². The van der Waals surface area contributed by atoms with Gasteiger partial charge in [-0.25, -0.2) is 0 Å². The molecule has 9 heteroatoms. The lowest BCUT2D eigenvalue weighted by molar-refractivity contribution is -0.894. The third-order valence-electron chi connectivity index (χ3n) is 8.34. The summed E-state index contributed by atoms with van der Waals surface area (Å²) in [6.07, 6.45) is -0.553. The quantitative estimate of drug-likeness (QED) is 0.174. The first kappa shape index (κ1) is 42.7. The molecular weight excluding hydrogens is 627 g/mol. The van der Waals surface area contributed by atoms with Gasteiger partial charge >= 0.3 is 0 Å². The van der Waals surface area contributed by atoms with Gasteiger partial charge in [-0.2, -0.15) is 0 Å². The molecule has 0 saturated heterocycles. The molecule has 262 valence electrons. The second-order valence-electron chi connectivity index (χ2n) is 12.0. The SMILES string of the molecule is CC(C)(COC(c1ccccc1)(c1ccccc1)c1ccccc1)C(=O)SCCP(=O)([O-])[O-].CC[NH+](CC)CC.CC[NH+](CC)CC. The van der Waals surface area contributed by atoms with Gasteiger partial charge in [0, 0.05) is 5.75 Å². The number of rotatable bonds is 16. The molecule has 3 aromatic carbocycles. The van der Waals surface area contributed by atoms with E-state index in [0.29, 0.717) is 0 Å². The fourth-order valence-corrected chi connectivity index (χ4v) is 6.96. The lowest BCUT2D eigenvalue weighted by Gasteiger charge is -2.38. The van der Waals surface area contributed by atoms with Crippen LogP contribution in [0.1, 0.15) is 72.1 Å². The zero-order valence-electron chi connectivity index (χ0n) is 29.9. The molecule has 0 saturated carbocycles. The Morgan fingerprint density at radius 1 is 0.660 bits per heavy atom. The maximum Gasteiger partial charge on any atom is 0.196 e. The van der Waals surface area contributed by atoms with E-state index in [2.05, 4.69) is 41.5 Å². The Labute approximate surface area is 289 Å². The van der Waals surface area contributed by atoms with Crippen molar-refractivity contribution in [3.63, 3.8) is 0 Å².